The largest absolute Gasteiger partial charge is 0.490 e. The fourth-order valence-corrected chi connectivity index (χ4v) is 2.37. The molecule has 0 spiro atoms. The van der Waals surface area contributed by atoms with Crippen LogP contribution >= 0.6 is 0 Å². The van der Waals surface area contributed by atoms with Gasteiger partial charge < -0.3 is 20.1 Å². The smallest absolute Gasteiger partial charge is 0.167 e. The minimum Gasteiger partial charge on any atom is -0.490 e. The lowest BCUT2D eigenvalue weighted by Crippen LogP contribution is -2.30. The van der Waals surface area contributed by atoms with Crippen molar-refractivity contribution < 1.29 is 13.9 Å². The van der Waals surface area contributed by atoms with Crippen LogP contribution in [0.4, 0.5) is 15.8 Å². The van der Waals surface area contributed by atoms with Gasteiger partial charge in [0.05, 0.1) is 24.1 Å². The van der Waals surface area contributed by atoms with Crippen molar-refractivity contribution in [2.75, 3.05) is 36.9 Å². The molecule has 0 aliphatic carbocycles. The number of hydrogen-bond acceptors (Lipinski definition) is 4. The zero-order chi connectivity index (χ0) is 14.5. The molecule has 1 saturated heterocycles. The van der Waals surface area contributed by atoms with Gasteiger partial charge in [0.2, 0.25) is 0 Å². The maximum atomic E-state index is 13.8. The molecule has 2 N–H and O–H groups in total. The van der Waals surface area contributed by atoms with Crippen LogP contribution in [0.2, 0.25) is 0 Å². The summed E-state index contributed by atoms with van der Waals surface area (Å²) in [7, 11) is 0. The summed E-state index contributed by atoms with van der Waals surface area (Å²) in [6.45, 7) is 6.88. The van der Waals surface area contributed by atoms with Gasteiger partial charge in [0.1, 0.15) is 0 Å². The fourth-order valence-electron chi connectivity index (χ4n) is 2.37. The molecule has 4 nitrogen and oxygen atoms in total. The van der Waals surface area contributed by atoms with Gasteiger partial charge in [-0.1, -0.05) is 6.92 Å². The van der Waals surface area contributed by atoms with Crippen LogP contribution in [0.5, 0.6) is 5.75 Å². The molecule has 1 heterocycles. The van der Waals surface area contributed by atoms with E-state index in [0.29, 0.717) is 12.3 Å². The standard InChI is InChI=1S/C15H23FN2O2/c1-3-6-20-15-9-14(13(17)8-12(15)16)18-5-4-7-19-11(2)10-18/h8-9,11H,3-7,10,17H2,1-2H3. The second-order valence-electron chi connectivity index (χ2n) is 5.17. The SMILES string of the molecule is CCCOc1cc(N2CCCOC(C)C2)c(N)cc1F. The first-order valence-electron chi connectivity index (χ1n) is 7.20. The Kier molecular flexibility index (Phi) is 5.06. The zero-order valence-corrected chi connectivity index (χ0v) is 12.2. The molecule has 1 aliphatic heterocycles. The lowest BCUT2D eigenvalue weighted by Gasteiger charge is -2.26. The van der Waals surface area contributed by atoms with Gasteiger partial charge in [-0.15, -0.1) is 0 Å². The summed E-state index contributed by atoms with van der Waals surface area (Å²) in [5, 5.41) is 0. The molecule has 5 heteroatoms. The van der Waals surface area contributed by atoms with E-state index < -0.39 is 5.82 Å². The summed E-state index contributed by atoms with van der Waals surface area (Å²) >= 11 is 0. The van der Waals surface area contributed by atoms with E-state index in [1.165, 1.54) is 6.07 Å². The first-order chi connectivity index (χ1) is 9.61. The second kappa shape index (κ2) is 6.79. The van der Waals surface area contributed by atoms with Gasteiger partial charge in [0.15, 0.2) is 11.6 Å². The summed E-state index contributed by atoms with van der Waals surface area (Å²) in [6.07, 6.45) is 1.92. The minimum absolute atomic E-state index is 0.141. The number of ether oxygens (including phenoxy) is 2. The quantitative estimate of drug-likeness (QED) is 0.863. The summed E-state index contributed by atoms with van der Waals surface area (Å²) in [5.41, 5.74) is 7.24. The van der Waals surface area contributed by atoms with E-state index >= 15 is 0 Å². The molecule has 1 aliphatic rings. The zero-order valence-electron chi connectivity index (χ0n) is 12.2. The predicted octanol–water partition coefficient (Wildman–Crippen LogP) is 2.81. The molecule has 1 fully saturated rings. The molecule has 112 valence electrons. The molecular weight excluding hydrogens is 259 g/mol. The van der Waals surface area contributed by atoms with Gasteiger partial charge in [-0.2, -0.15) is 0 Å². The lowest BCUT2D eigenvalue weighted by molar-refractivity contribution is 0.0821. The van der Waals surface area contributed by atoms with E-state index in [0.717, 1.165) is 38.2 Å². The van der Waals surface area contributed by atoms with Crippen LogP contribution < -0.4 is 15.4 Å². The molecule has 1 aromatic carbocycles. The van der Waals surface area contributed by atoms with Gasteiger partial charge in [0, 0.05) is 31.8 Å². The van der Waals surface area contributed by atoms with Crippen LogP contribution in [0.1, 0.15) is 26.7 Å². The Labute approximate surface area is 119 Å². The van der Waals surface area contributed by atoms with Gasteiger partial charge in [-0.05, 0) is 19.8 Å². The van der Waals surface area contributed by atoms with Gasteiger partial charge in [-0.3, -0.25) is 0 Å². The Bertz CT molecular complexity index is 454. The van der Waals surface area contributed by atoms with Crippen molar-refractivity contribution in [2.24, 2.45) is 0 Å². The summed E-state index contributed by atoms with van der Waals surface area (Å²) in [6, 6.07) is 3.05. The molecule has 0 radical (unpaired) electrons. The van der Waals surface area contributed by atoms with E-state index in [4.69, 9.17) is 15.2 Å². The van der Waals surface area contributed by atoms with Gasteiger partial charge >= 0.3 is 0 Å². The van der Waals surface area contributed by atoms with Crippen LogP contribution in [0, 0.1) is 5.82 Å². The molecule has 0 aromatic heterocycles. The van der Waals surface area contributed by atoms with Crippen molar-refractivity contribution in [2.45, 2.75) is 32.8 Å². The number of hydrogen-bond donors (Lipinski definition) is 1. The van der Waals surface area contributed by atoms with Crippen molar-refractivity contribution >= 4 is 11.4 Å². The molecule has 1 aromatic rings. The van der Waals surface area contributed by atoms with Crippen LogP contribution in [0.25, 0.3) is 0 Å². The van der Waals surface area contributed by atoms with E-state index in [9.17, 15) is 4.39 Å². The van der Waals surface area contributed by atoms with E-state index in [1.807, 2.05) is 13.8 Å². The number of nitrogens with zero attached hydrogens (tertiary/aromatic N) is 1. The van der Waals surface area contributed by atoms with Crippen molar-refractivity contribution in [3.05, 3.63) is 17.9 Å². The first-order valence-corrected chi connectivity index (χ1v) is 7.20. The topological polar surface area (TPSA) is 47.7 Å². The van der Waals surface area contributed by atoms with Crippen molar-refractivity contribution in [1.29, 1.82) is 0 Å². The Hall–Kier alpha value is -1.49. The van der Waals surface area contributed by atoms with Gasteiger partial charge in [-0.25, -0.2) is 4.39 Å². The number of halogens is 1. The number of nitrogen functional groups attached to an aromatic ring is 1. The average molecular weight is 282 g/mol. The number of benzene rings is 1. The van der Waals surface area contributed by atoms with E-state index in [2.05, 4.69) is 4.90 Å². The number of nitrogens with two attached hydrogens (primary N) is 1. The Morgan fingerprint density at radius 3 is 3.05 bits per heavy atom. The molecule has 20 heavy (non-hydrogen) atoms. The van der Waals surface area contributed by atoms with Crippen molar-refractivity contribution in [3.63, 3.8) is 0 Å². The maximum absolute atomic E-state index is 13.8. The third-order valence-electron chi connectivity index (χ3n) is 3.34. The number of rotatable bonds is 4. The minimum atomic E-state index is -0.404. The van der Waals surface area contributed by atoms with Gasteiger partial charge in [0.25, 0.3) is 0 Å². The molecule has 0 amide bonds. The summed E-state index contributed by atoms with van der Waals surface area (Å²) in [5.74, 6) is -0.132. The third-order valence-corrected chi connectivity index (χ3v) is 3.34. The van der Waals surface area contributed by atoms with Crippen LogP contribution in [0.15, 0.2) is 12.1 Å². The highest BCUT2D eigenvalue weighted by molar-refractivity contribution is 5.70. The Morgan fingerprint density at radius 1 is 1.50 bits per heavy atom. The molecule has 0 bridgehead atoms. The molecule has 0 saturated carbocycles. The molecule has 2 rings (SSSR count). The Morgan fingerprint density at radius 2 is 2.30 bits per heavy atom. The lowest BCUT2D eigenvalue weighted by atomic mass is 10.2. The summed E-state index contributed by atoms with van der Waals surface area (Å²) in [4.78, 5) is 2.14. The van der Waals surface area contributed by atoms with Crippen LogP contribution in [-0.4, -0.2) is 32.4 Å². The fraction of sp³-hybridized carbons (Fsp3) is 0.600. The van der Waals surface area contributed by atoms with E-state index in [1.54, 1.807) is 6.07 Å². The molecular formula is C15H23FN2O2. The highest BCUT2D eigenvalue weighted by Gasteiger charge is 2.19. The monoisotopic (exact) mass is 282 g/mol. The van der Waals surface area contributed by atoms with Crippen molar-refractivity contribution in [1.82, 2.24) is 0 Å². The predicted molar refractivity (Wildman–Crippen MR) is 78.8 cm³/mol. The second-order valence-corrected chi connectivity index (χ2v) is 5.17. The highest BCUT2D eigenvalue weighted by Crippen LogP contribution is 2.32. The third kappa shape index (κ3) is 3.54. The van der Waals surface area contributed by atoms with Crippen molar-refractivity contribution in [3.8, 4) is 5.75 Å². The molecule has 1 atom stereocenters. The Balaban J connectivity index is 2.24. The molecule has 1 unspecified atom stereocenters. The normalized spacial score (nSPS) is 19.8. The number of anilines is 2. The van der Waals surface area contributed by atoms with Crippen LogP contribution in [0.3, 0.4) is 0 Å². The average Bonchev–Trinajstić information content (AvgIpc) is 2.62. The maximum Gasteiger partial charge on any atom is 0.167 e. The summed E-state index contributed by atoms with van der Waals surface area (Å²) < 4.78 is 24.9. The van der Waals surface area contributed by atoms with E-state index in [-0.39, 0.29) is 11.9 Å². The highest BCUT2D eigenvalue weighted by atomic mass is 19.1. The van der Waals surface area contributed by atoms with Crippen LogP contribution in [-0.2, 0) is 4.74 Å². The first kappa shape index (κ1) is 14.9.